The number of carbonyl (C=O) groups is 1. The van der Waals surface area contributed by atoms with E-state index < -0.39 is 6.10 Å². The number of nitrogens with one attached hydrogen (secondary N) is 1. The molecule has 4 nitrogen and oxygen atoms in total. The van der Waals surface area contributed by atoms with E-state index in [9.17, 15) is 9.90 Å². The van der Waals surface area contributed by atoms with Gasteiger partial charge in [0, 0.05) is 18.3 Å². The Bertz CT molecular complexity index is 576. The van der Waals surface area contributed by atoms with Gasteiger partial charge >= 0.3 is 0 Å². The summed E-state index contributed by atoms with van der Waals surface area (Å²) in [4.78, 5) is 11.6. The minimum absolute atomic E-state index is 0.196. The average Bonchev–Trinajstić information content (AvgIpc) is 2.98. The Morgan fingerprint density at radius 2 is 2.10 bits per heavy atom. The van der Waals surface area contributed by atoms with Gasteiger partial charge in [-0.15, -0.1) is 0 Å². The summed E-state index contributed by atoms with van der Waals surface area (Å²) < 4.78 is 0. The van der Waals surface area contributed by atoms with Gasteiger partial charge in [-0.25, -0.2) is 0 Å². The number of amides is 1. The molecule has 2 aromatic rings. The number of aliphatic hydroxyl groups is 1. The van der Waals surface area contributed by atoms with Crippen molar-refractivity contribution in [2.75, 3.05) is 12.3 Å². The van der Waals surface area contributed by atoms with Crippen molar-refractivity contribution in [2.45, 2.75) is 6.10 Å². The molecule has 0 spiro atoms. The number of rotatable bonds is 5. The molecule has 0 aliphatic rings. The van der Waals surface area contributed by atoms with E-state index in [1.54, 1.807) is 18.2 Å². The highest BCUT2D eigenvalue weighted by molar-refractivity contribution is 7.07. The fourth-order valence-electron chi connectivity index (χ4n) is 1.62. The number of anilines is 1. The van der Waals surface area contributed by atoms with Gasteiger partial charge < -0.3 is 16.2 Å². The molecular weight excluding hydrogens is 272 g/mol. The maximum Gasteiger partial charge on any atom is 0.244 e. The molecule has 2 rings (SSSR count). The minimum atomic E-state index is -0.671. The Kier molecular flexibility index (Phi) is 4.92. The third-order valence-electron chi connectivity index (χ3n) is 2.76. The van der Waals surface area contributed by atoms with E-state index in [0.29, 0.717) is 5.69 Å². The van der Waals surface area contributed by atoms with Crippen LogP contribution in [0.15, 0.2) is 47.2 Å². The van der Waals surface area contributed by atoms with Crippen LogP contribution in [-0.4, -0.2) is 17.6 Å². The topological polar surface area (TPSA) is 75.4 Å². The van der Waals surface area contributed by atoms with Gasteiger partial charge in [0.2, 0.25) is 5.91 Å². The van der Waals surface area contributed by atoms with Crippen LogP contribution in [0.3, 0.4) is 0 Å². The molecule has 0 radical (unpaired) electrons. The third kappa shape index (κ3) is 4.22. The van der Waals surface area contributed by atoms with Gasteiger partial charge in [-0.1, -0.05) is 12.1 Å². The van der Waals surface area contributed by atoms with E-state index >= 15 is 0 Å². The summed E-state index contributed by atoms with van der Waals surface area (Å²) in [5.74, 6) is -0.240. The van der Waals surface area contributed by atoms with Crippen LogP contribution < -0.4 is 11.1 Å². The highest BCUT2D eigenvalue weighted by Gasteiger charge is 2.08. The molecule has 0 saturated carbocycles. The van der Waals surface area contributed by atoms with E-state index in [2.05, 4.69) is 5.32 Å². The first-order valence-electron chi connectivity index (χ1n) is 6.17. The number of nitrogens with two attached hydrogens (primary N) is 1. The summed E-state index contributed by atoms with van der Waals surface area (Å²) in [5, 5.41) is 16.2. The van der Waals surface area contributed by atoms with Crippen molar-refractivity contribution < 1.29 is 9.90 Å². The molecule has 0 fully saturated rings. The minimum Gasteiger partial charge on any atom is -0.399 e. The van der Waals surface area contributed by atoms with E-state index in [4.69, 9.17) is 5.73 Å². The van der Waals surface area contributed by atoms with Gasteiger partial charge in [-0.05, 0) is 46.2 Å². The predicted octanol–water partition coefficient (Wildman–Crippen LogP) is 2.19. The molecule has 0 aliphatic carbocycles. The van der Waals surface area contributed by atoms with Gasteiger partial charge in [-0.3, -0.25) is 4.79 Å². The number of thiophene rings is 1. The van der Waals surface area contributed by atoms with Crippen LogP contribution in [0.25, 0.3) is 6.08 Å². The molecule has 1 aromatic carbocycles. The van der Waals surface area contributed by atoms with Gasteiger partial charge in [-0.2, -0.15) is 11.3 Å². The van der Waals surface area contributed by atoms with Crippen molar-refractivity contribution in [1.82, 2.24) is 5.32 Å². The molecule has 4 N–H and O–H groups in total. The smallest absolute Gasteiger partial charge is 0.244 e. The molecule has 1 atom stereocenters. The third-order valence-corrected chi connectivity index (χ3v) is 3.46. The van der Waals surface area contributed by atoms with Crippen LogP contribution in [0.2, 0.25) is 0 Å². The van der Waals surface area contributed by atoms with Crippen molar-refractivity contribution in [3.8, 4) is 0 Å². The summed E-state index contributed by atoms with van der Waals surface area (Å²) >= 11 is 1.51. The summed E-state index contributed by atoms with van der Waals surface area (Å²) in [6, 6.07) is 9.06. The first-order valence-corrected chi connectivity index (χ1v) is 7.11. The number of aliphatic hydroxyl groups excluding tert-OH is 1. The van der Waals surface area contributed by atoms with E-state index in [1.807, 2.05) is 29.0 Å². The second kappa shape index (κ2) is 6.88. The first kappa shape index (κ1) is 14.3. The maximum atomic E-state index is 11.6. The largest absolute Gasteiger partial charge is 0.399 e. The van der Waals surface area contributed by atoms with Crippen molar-refractivity contribution in [1.29, 1.82) is 0 Å². The van der Waals surface area contributed by atoms with E-state index in [0.717, 1.165) is 11.1 Å². The van der Waals surface area contributed by atoms with Crippen LogP contribution in [0.5, 0.6) is 0 Å². The zero-order valence-electron chi connectivity index (χ0n) is 10.8. The van der Waals surface area contributed by atoms with Gasteiger partial charge in [0.1, 0.15) is 0 Å². The Hall–Kier alpha value is -2.11. The van der Waals surface area contributed by atoms with Crippen LogP contribution in [0.1, 0.15) is 17.2 Å². The molecule has 0 bridgehead atoms. The molecule has 0 aliphatic heterocycles. The standard InChI is InChI=1S/C15H16N2O2S/c16-13-4-1-11(2-5-13)3-6-15(19)17-9-14(18)12-7-8-20-10-12/h1-8,10,14,18H,9,16H2,(H,17,19)/b6-3+. The summed E-state index contributed by atoms with van der Waals surface area (Å²) in [7, 11) is 0. The van der Waals surface area contributed by atoms with Crippen molar-refractivity contribution in [2.24, 2.45) is 0 Å². The number of nitrogen functional groups attached to an aromatic ring is 1. The molecule has 5 heteroatoms. The highest BCUT2D eigenvalue weighted by Crippen LogP contribution is 2.15. The first-order chi connectivity index (χ1) is 9.65. The normalized spacial score (nSPS) is 12.4. The van der Waals surface area contributed by atoms with Gasteiger partial charge in [0.25, 0.3) is 0 Å². The SMILES string of the molecule is Nc1ccc(/C=C/C(=O)NCC(O)c2ccsc2)cc1. The summed E-state index contributed by atoms with van der Waals surface area (Å²) in [6.45, 7) is 0.196. The van der Waals surface area contributed by atoms with Crippen LogP contribution >= 0.6 is 11.3 Å². The fraction of sp³-hybridized carbons (Fsp3) is 0.133. The van der Waals surface area contributed by atoms with Crippen molar-refractivity contribution >= 4 is 29.0 Å². The lowest BCUT2D eigenvalue weighted by molar-refractivity contribution is -0.116. The average molecular weight is 288 g/mol. The lowest BCUT2D eigenvalue weighted by Crippen LogP contribution is -2.26. The maximum absolute atomic E-state index is 11.6. The lowest BCUT2D eigenvalue weighted by atomic mass is 10.2. The zero-order chi connectivity index (χ0) is 14.4. The van der Waals surface area contributed by atoms with Gasteiger partial charge in [0.15, 0.2) is 0 Å². The lowest BCUT2D eigenvalue weighted by Gasteiger charge is -2.08. The molecule has 20 heavy (non-hydrogen) atoms. The molecule has 1 heterocycles. The molecule has 1 unspecified atom stereocenters. The Balaban J connectivity index is 1.82. The van der Waals surface area contributed by atoms with Crippen LogP contribution in [0, 0.1) is 0 Å². The summed E-state index contributed by atoms with van der Waals surface area (Å²) in [5.41, 5.74) is 7.98. The highest BCUT2D eigenvalue weighted by atomic mass is 32.1. The van der Waals surface area contributed by atoms with Crippen LogP contribution in [0.4, 0.5) is 5.69 Å². The molecule has 1 aromatic heterocycles. The molecular formula is C15H16N2O2S. The fourth-order valence-corrected chi connectivity index (χ4v) is 2.32. The molecule has 0 saturated heterocycles. The summed E-state index contributed by atoms with van der Waals surface area (Å²) in [6.07, 6.45) is 2.47. The quantitative estimate of drug-likeness (QED) is 0.583. The monoisotopic (exact) mass is 288 g/mol. The second-order valence-electron chi connectivity index (χ2n) is 4.32. The number of carbonyl (C=O) groups excluding carboxylic acids is 1. The molecule has 1 amide bonds. The number of hydrogen-bond acceptors (Lipinski definition) is 4. The van der Waals surface area contributed by atoms with E-state index in [1.165, 1.54) is 17.4 Å². The molecule has 104 valence electrons. The van der Waals surface area contributed by atoms with Crippen LogP contribution in [-0.2, 0) is 4.79 Å². The van der Waals surface area contributed by atoms with Gasteiger partial charge in [0.05, 0.1) is 6.10 Å². The Labute approximate surface area is 121 Å². The predicted molar refractivity (Wildman–Crippen MR) is 82.2 cm³/mol. The van der Waals surface area contributed by atoms with Crippen molar-refractivity contribution in [3.05, 3.63) is 58.3 Å². The second-order valence-corrected chi connectivity index (χ2v) is 5.10. The zero-order valence-corrected chi connectivity index (χ0v) is 11.6. The number of benzene rings is 1. The van der Waals surface area contributed by atoms with E-state index in [-0.39, 0.29) is 12.5 Å². The Morgan fingerprint density at radius 1 is 1.35 bits per heavy atom. The number of hydrogen-bond donors (Lipinski definition) is 3. The van der Waals surface area contributed by atoms with Crippen molar-refractivity contribution in [3.63, 3.8) is 0 Å². The Morgan fingerprint density at radius 3 is 2.75 bits per heavy atom.